The maximum absolute atomic E-state index is 12.0. The van der Waals surface area contributed by atoms with Crippen LogP contribution in [0.3, 0.4) is 0 Å². The lowest BCUT2D eigenvalue weighted by Gasteiger charge is -2.09. The van der Waals surface area contributed by atoms with Crippen LogP contribution in [-0.2, 0) is 4.79 Å². The topological polar surface area (TPSA) is 69.2 Å². The van der Waals surface area contributed by atoms with Gasteiger partial charge in [-0.15, -0.1) is 0 Å². The van der Waals surface area contributed by atoms with Crippen LogP contribution >= 0.6 is 15.9 Å². The number of hydrogen-bond donors (Lipinski definition) is 1. The molecule has 0 bridgehead atoms. The summed E-state index contributed by atoms with van der Waals surface area (Å²) in [6, 6.07) is 17.0. The number of amides is 1. The Kier molecular flexibility index (Phi) is 6.49. The van der Waals surface area contributed by atoms with E-state index in [1.165, 1.54) is 0 Å². The second-order valence-corrected chi connectivity index (χ2v) is 6.64. The summed E-state index contributed by atoms with van der Waals surface area (Å²) in [5.41, 5.74) is 3.26. The fourth-order valence-electron chi connectivity index (χ4n) is 2.66. The second kappa shape index (κ2) is 9.23. The van der Waals surface area contributed by atoms with E-state index in [0.717, 1.165) is 16.3 Å². The number of nitrogens with one attached hydrogen (secondary N) is 1. The van der Waals surface area contributed by atoms with Crippen LogP contribution < -0.4 is 19.6 Å². The number of carbonyl (C=O) groups excluding carboxylic acids is 1. The molecular formula is C21H19BrN2O4. The molecule has 6 nitrogen and oxygen atoms in total. The van der Waals surface area contributed by atoms with Crippen molar-refractivity contribution in [2.75, 3.05) is 20.8 Å². The van der Waals surface area contributed by atoms with Crippen LogP contribution in [0.4, 0.5) is 0 Å². The van der Waals surface area contributed by atoms with E-state index in [9.17, 15) is 4.79 Å². The lowest BCUT2D eigenvalue weighted by molar-refractivity contribution is -0.123. The van der Waals surface area contributed by atoms with E-state index >= 15 is 0 Å². The van der Waals surface area contributed by atoms with Gasteiger partial charge in [-0.2, -0.15) is 5.10 Å². The van der Waals surface area contributed by atoms with Crippen LogP contribution in [0.15, 0.2) is 64.2 Å². The van der Waals surface area contributed by atoms with Gasteiger partial charge in [-0.05, 0) is 51.0 Å². The van der Waals surface area contributed by atoms with Crippen molar-refractivity contribution in [1.29, 1.82) is 0 Å². The SMILES string of the molecule is COc1ccc(OCC(=O)N/N=C\c2c(OC)ccc3ccccc23)c(Br)c1. The number of ether oxygens (including phenoxy) is 3. The smallest absolute Gasteiger partial charge is 0.277 e. The molecule has 3 aromatic carbocycles. The predicted octanol–water partition coefficient (Wildman–Crippen LogP) is 4.15. The Morgan fingerprint density at radius 2 is 1.86 bits per heavy atom. The minimum atomic E-state index is -0.377. The van der Waals surface area contributed by atoms with Gasteiger partial charge in [0, 0.05) is 5.56 Å². The number of carbonyl (C=O) groups is 1. The van der Waals surface area contributed by atoms with Crippen molar-refractivity contribution in [3.05, 3.63) is 64.6 Å². The molecule has 0 aromatic heterocycles. The normalized spacial score (nSPS) is 10.8. The van der Waals surface area contributed by atoms with Crippen LogP contribution in [-0.4, -0.2) is 32.9 Å². The molecule has 3 aromatic rings. The molecule has 144 valence electrons. The third-order valence-electron chi connectivity index (χ3n) is 4.03. The minimum absolute atomic E-state index is 0.172. The Hall–Kier alpha value is -3.06. The number of nitrogens with zero attached hydrogens (tertiary/aromatic N) is 1. The monoisotopic (exact) mass is 442 g/mol. The molecule has 0 radical (unpaired) electrons. The van der Waals surface area contributed by atoms with Crippen molar-refractivity contribution in [3.63, 3.8) is 0 Å². The summed E-state index contributed by atoms with van der Waals surface area (Å²) < 4.78 is 16.7. The first-order chi connectivity index (χ1) is 13.6. The van der Waals surface area contributed by atoms with Crippen LogP contribution in [0.1, 0.15) is 5.56 Å². The van der Waals surface area contributed by atoms with Crippen molar-refractivity contribution < 1.29 is 19.0 Å². The highest BCUT2D eigenvalue weighted by molar-refractivity contribution is 9.10. The number of fused-ring (bicyclic) bond motifs is 1. The number of rotatable bonds is 7. The average Bonchev–Trinajstić information content (AvgIpc) is 2.72. The maximum Gasteiger partial charge on any atom is 0.277 e. The van der Waals surface area contributed by atoms with Crippen molar-refractivity contribution in [2.45, 2.75) is 0 Å². The van der Waals surface area contributed by atoms with E-state index < -0.39 is 0 Å². The molecule has 0 aliphatic heterocycles. The van der Waals surface area contributed by atoms with Crippen molar-refractivity contribution in [3.8, 4) is 17.2 Å². The summed E-state index contributed by atoms with van der Waals surface area (Å²) >= 11 is 3.38. The van der Waals surface area contributed by atoms with Gasteiger partial charge in [-0.25, -0.2) is 5.43 Å². The molecule has 0 aliphatic carbocycles. The summed E-state index contributed by atoms with van der Waals surface area (Å²) in [6.45, 7) is -0.172. The molecule has 0 unspecified atom stereocenters. The van der Waals surface area contributed by atoms with Crippen LogP contribution in [0.2, 0.25) is 0 Å². The molecule has 0 atom stereocenters. The Morgan fingerprint density at radius 3 is 2.61 bits per heavy atom. The van der Waals surface area contributed by atoms with Crippen molar-refractivity contribution >= 4 is 38.8 Å². The number of benzene rings is 3. The third kappa shape index (κ3) is 4.61. The molecule has 3 rings (SSSR count). The van der Waals surface area contributed by atoms with Gasteiger partial charge in [0.05, 0.1) is 24.9 Å². The average molecular weight is 443 g/mol. The molecule has 0 saturated heterocycles. The zero-order valence-electron chi connectivity index (χ0n) is 15.4. The molecule has 1 amide bonds. The Morgan fingerprint density at radius 1 is 1.07 bits per heavy atom. The van der Waals surface area contributed by atoms with Crippen LogP contribution in [0.25, 0.3) is 10.8 Å². The Labute approximate surface area is 171 Å². The summed E-state index contributed by atoms with van der Waals surface area (Å²) in [5.74, 6) is 1.53. The molecule has 0 saturated carbocycles. The molecular weight excluding hydrogens is 424 g/mol. The first-order valence-corrected chi connectivity index (χ1v) is 9.25. The predicted molar refractivity (Wildman–Crippen MR) is 112 cm³/mol. The van der Waals surface area contributed by atoms with E-state index in [1.54, 1.807) is 38.6 Å². The summed E-state index contributed by atoms with van der Waals surface area (Å²) in [6.07, 6.45) is 1.57. The zero-order valence-corrected chi connectivity index (χ0v) is 17.0. The summed E-state index contributed by atoms with van der Waals surface area (Å²) in [5, 5.41) is 6.09. The number of hydrazone groups is 1. The van der Waals surface area contributed by atoms with E-state index in [1.807, 2.05) is 36.4 Å². The Balaban J connectivity index is 1.65. The standard InChI is InChI=1S/C21H19BrN2O4/c1-26-15-8-10-20(18(22)11-15)28-13-21(25)24-23-12-17-16-6-4-3-5-14(16)7-9-19(17)27-2/h3-12H,13H2,1-2H3,(H,24,25)/b23-12-. The number of halogens is 1. The first-order valence-electron chi connectivity index (χ1n) is 8.46. The van der Waals surface area contributed by atoms with Crippen LogP contribution in [0, 0.1) is 0 Å². The van der Waals surface area contributed by atoms with Gasteiger partial charge in [-0.3, -0.25) is 4.79 Å². The molecule has 0 heterocycles. The lowest BCUT2D eigenvalue weighted by atomic mass is 10.0. The fourth-order valence-corrected chi connectivity index (χ4v) is 3.13. The third-order valence-corrected chi connectivity index (χ3v) is 4.65. The highest BCUT2D eigenvalue weighted by Gasteiger charge is 2.08. The molecule has 0 spiro atoms. The van der Waals surface area contributed by atoms with E-state index in [2.05, 4.69) is 26.5 Å². The zero-order chi connectivity index (χ0) is 19.9. The van der Waals surface area contributed by atoms with Gasteiger partial charge in [-0.1, -0.05) is 30.3 Å². The summed E-state index contributed by atoms with van der Waals surface area (Å²) in [7, 11) is 3.18. The largest absolute Gasteiger partial charge is 0.497 e. The van der Waals surface area contributed by atoms with E-state index in [0.29, 0.717) is 21.7 Å². The number of hydrogen-bond acceptors (Lipinski definition) is 5. The van der Waals surface area contributed by atoms with Gasteiger partial charge in [0.2, 0.25) is 0 Å². The van der Waals surface area contributed by atoms with Crippen LogP contribution in [0.5, 0.6) is 17.2 Å². The number of methoxy groups -OCH3 is 2. The lowest BCUT2D eigenvalue weighted by Crippen LogP contribution is -2.24. The van der Waals surface area contributed by atoms with E-state index in [4.69, 9.17) is 14.2 Å². The van der Waals surface area contributed by atoms with E-state index in [-0.39, 0.29) is 12.5 Å². The van der Waals surface area contributed by atoms with Gasteiger partial charge in [0.1, 0.15) is 17.2 Å². The van der Waals surface area contributed by atoms with Gasteiger partial charge in [0.25, 0.3) is 5.91 Å². The first kappa shape index (κ1) is 19.7. The highest BCUT2D eigenvalue weighted by atomic mass is 79.9. The maximum atomic E-state index is 12.0. The van der Waals surface area contributed by atoms with Crippen molar-refractivity contribution in [2.24, 2.45) is 5.10 Å². The highest BCUT2D eigenvalue weighted by Crippen LogP contribution is 2.29. The van der Waals surface area contributed by atoms with Gasteiger partial charge >= 0.3 is 0 Å². The Bertz CT molecular complexity index is 1020. The molecule has 1 N–H and O–H groups in total. The van der Waals surface area contributed by atoms with Gasteiger partial charge < -0.3 is 14.2 Å². The fraction of sp³-hybridized carbons (Fsp3) is 0.143. The molecule has 28 heavy (non-hydrogen) atoms. The minimum Gasteiger partial charge on any atom is -0.497 e. The van der Waals surface area contributed by atoms with Crippen molar-refractivity contribution in [1.82, 2.24) is 5.43 Å². The molecule has 0 aliphatic rings. The molecule has 7 heteroatoms. The second-order valence-electron chi connectivity index (χ2n) is 5.78. The van der Waals surface area contributed by atoms with Gasteiger partial charge in [0.15, 0.2) is 6.61 Å². The molecule has 0 fully saturated rings. The summed E-state index contributed by atoms with van der Waals surface area (Å²) in [4.78, 5) is 12.0. The quantitative estimate of drug-likeness (QED) is 0.440.